The van der Waals surface area contributed by atoms with Gasteiger partial charge in [0.05, 0.1) is 0 Å². The van der Waals surface area contributed by atoms with Crippen molar-refractivity contribution in [1.29, 1.82) is 0 Å². The van der Waals surface area contributed by atoms with Crippen molar-refractivity contribution in [1.82, 2.24) is 15.5 Å². The zero-order valence-corrected chi connectivity index (χ0v) is 16.7. The molecule has 2 N–H and O–H groups in total. The maximum Gasteiger partial charge on any atom is 0.325 e. The molecule has 0 aromatic heterocycles. The first-order valence-electron chi connectivity index (χ1n) is 9.18. The van der Waals surface area contributed by atoms with Gasteiger partial charge in [-0.1, -0.05) is 49.0 Å². The van der Waals surface area contributed by atoms with Crippen LogP contribution in [0.3, 0.4) is 0 Å². The molecule has 27 heavy (non-hydrogen) atoms. The Kier molecular flexibility index (Phi) is 5.96. The second-order valence-electron chi connectivity index (χ2n) is 7.28. The molecule has 146 valence electrons. The number of nitrogens with zero attached hydrogens (tertiary/aromatic N) is 1. The van der Waals surface area contributed by atoms with Crippen LogP contribution in [0.25, 0.3) is 0 Å². The minimum atomic E-state index is -0.841. The van der Waals surface area contributed by atoms with E-state index in [0.717, 1.165) is 29.7 Å². The summed E-state index contributed by atoms with van der Waals surface area (Å²) in [5.74, 6) is -0.581. The Morgan fingerprint density at radius 1 is 1.33 bits per heavy atom. The Morgan fingerprint density at radius 3 is 2.81 bits per heavy atom. The highest BCUT2D eigenvalue weighted by Crippen LogP contribution is 2.38. The summed E-state index contributed by atoms with van der Waals surface area (Å²) in [6.07, 6.45) is 4.01. The first kappa shape index (κ1) is 20.0. The summed E-state index contributed by atoms with van der Waals surface area (Å²) in [6.45, 7) is 2.07. The molecule has 2 aliphatic rings. The average Bonchev–Trinajstić information content (AvgIpc) is 2.84. The van der Waals surface area contributed by atoms with E-state index in [-0.39, 0.29) is 24.3 Å². The summed E-state index contributed by atoms with van der Waals surface area (Å²) in [4.78, 5) is 38.4. The van der Waals surface area contributed by atoms with Gasteiger partial charge in [-0.25, -0.2) is 4.79 Å². The zero-order valence-electron chi connectivity index (χ0n) is 15.2. The van der Waals surface area contributed by atoms with E-state index in [1.807, 2.05) is 13.0 Å². The second kappa shape index (κ2) is 8.07. The van der Waals surface area contributed by atoms with E-state index in [0.29, 0.717) is 29.4 Å². The van der Waals surface area contributed by atoms with Crippen LogP contribution < -0.4 is 10.6 Å². The monoisotopic (exact) mass is 411 g/mol. The van der Waals surface area contributed by atoms with Crippen LogP contribution in [0, 0.1) is 5.92 Å². The molecule has 3 rings (SSSR count). The van der Waals surface area contributed by atoms with Crippen LogP contribution in [0.15, 0.2) is 18.2 Å². The molecular formula is C19H23Cl2N3O3. The Morgan fingerprint density at radius 2 is 2.11 bits per heavy atom. The molecule has 6 nitrogen and oxygen atoms in total. The fraction of sp³-hybridized carbons (Fsp3) is 0.526. The molecule has 1 aliphatic carbocycles. The van der Waals surface area contributed by atoms with Gasteiger partial charge in [-0.15, -0.1) is 0 Å². The number of nitrogens with one attached hydrogen (secondary N) is 2. The summed E-state index contributed by atoms with van der Waals surface area (Å²) in [5, 5.41) is 6.68. The normalized spacial score (nSPS) is 25.0. The fourth-order valence-electron chi connectivity index (χ4n) is 3.90. The van der Waals surface area contributed by atoms with Gasteiger partial charge in [-0.05, 0) is 42.9 Å². The third kappa shape index (κ3) is 4.06. The van der Waals surface area contributed by atoms with Crippen LogP contribution in [0.1, 0.15) is 38.2 Å². The number of hydrogen-bond acceptors (Lipinski definition) is 3. The lowest BCUT2D eigenvalue weighted by molar-refractivity contribution is -0.137. The van der Waals surface area contributed by atoms with Crippen molar-refractivity contribution in [2.45, 2.75) is 44.6 Å². The number of rotatable bonds is 5. The van der Waals surface area contributed by atoms with E-state index in [9.17, 15) is 14.4 Å². The Bertz CT molecular complexity index is 771. The van der Waals surface area contributed by atoms with Gasteiger partial charge in [0, 0.05) is 16.6 Å². The van der Waals surface area contributed by atoms with E-state index >= 15 is 0 Å². The third-order valence-corrected chi connectivity index (χ3v) is 6.12. The van der Waals surface area contributed by atoms with Crippen molar-refractivity contribution in [3.05, 3.63) is 33.8 Å². The van der Waals surface area contributed by atoms with Crippen LogP contribution in [-0.2, 0) is 16.0 Å². The van der Waals surface area contributed by atoms with Crippen molar-refractivity contribution in [3.8, 4) is 0 Å². The van der Waals surface area contributed by atoms with Gasteiger partial charge in [0.25, 0.3) is 5.91 Å². The van der Waals surface area contributed by atoms with Gasteiger partial charge in [-0.2, -0.15) is 0 Å². The maximum absolute atomic E-state index is 12.8. The second-order valence-corrected chi connectivity index (χ2v) is 8.12. The number of urea groups is 1. The Labute approximate surface area is 168 Å². The molecule has 1 aromatic carbocycles. The Hall–Kier alpha value is -1.79. The molecule has 0 unspecified atom stereocenters. The molecule has 2 atom stereocenters. The van der Waals surface area contributed by atoms with E-state index in [1.54, 1.807) is 12.1 Å². The van der Waals surface area contributed by atoms with Crippen molar-refractivity contribution >= 4 is 41.0 Å². The number of imide groups is 1. The van der Waals surface area contributed by atoms with Crippen LogP contribution in [0.2, 0.25) is 10.0 Å². The minimum Gasteiger partial charge on any atom is -0.354 e. The van der Waals surface area contributed by atoms with Crippen LogP contribution in [0.5, 0.6) is 0 Å². The SMILES string of the molecule is C[C@H]1CCCC[C@@]12NC(=O)N(CC(=O)NCCc1ccc(Cl)cc1Cl)C2=O. The zero-order chi connectivity index (χ0) is 19.6. The molecule has 1 heterocycles. The molecule has 0 bridgehead atoms. The number of carbonyl (C=O) groups is 3. The smallest absolute Gasteiger partial charge is 0.325 e. The first-order valence-corrected chi connectivity index (χ1v) is 9.94. The summed E-state index contributed by atoms with van der Waals surface area (Å²) in [7, 11) is 0. The average molecular weight is 412 g/mol. The summed E-state index contributed by atoms with van der Waals surface area (Å²) in [6, 6.07) is 4.72. The number of halogens is 2. The largest absolute Gasteiger partial charge is 0.354 e. The van der Waals surface area contributed by atoms with Gasteiger partial charge in [0.15, 0.2) is 0 Å². The van der Waals surface area contributed by atoms with Crippen LogP contribution >= 0.6 is 23.2 Å². The highest BCUT2D eigenvalue weighted by molar-refractivity contribution is 6.35. The van der Waals surface area contributed by atoms with Crippen molar-refractivity contribution < 1.29 is 14.4 Å². The maximum atomic E-state index is 12.8. The van der Waals surface area contributed by atoms with Gasteiger partial charge in [0.2, 0.25) is 5.91 Å². The summed E-state index contributed by atoms with van der Waals surface area (Å²) < 4.78 is 0. The van der Waals surface area contributed by atoms with Gasteiger partial charge < -0.3 is 10.6 Å². The third-order valence-electron chi connectivity index (χ3n) is 5.53. The van der Waals surface area contributed by atoms with Gasteiger partial charge in [0.1, 0.15) is 12.1 Å². The number of amides is 4. The number of hydrogen-bond donors (Lipinski definition) is 2. The molecule has 1 saturated carbocycles. The van der Waals surface area contributed by atoms with Crippen molar-refractivity contribution in [3.63, 3.8) is 0 Å². The molecule has 1 saturated heterocycles. The van der Waals surface area contributed by atoms with Crippen molar-refractivity contribution in [2.75, 3.05) is 13.1 Å². The predicted molar refractivity (Wildman–Crippen MR) is 104 cm³/mol. The van der Waals surface area contributed by atoms with E-state index in [4.69, 9.17) is 23.2 Å². The lowest BCUT2D eigenvalue weighted by atomic mass is 9.73. The lowest BCUT2D eigenvalue weighted by Gasteiger charge is -2.36. The fourth-order valence-corrected chi connectivity index (χ4v) is 4.40. The van der Waals surface area contributed by atoms with E-state index in [1.165, 1.54) is 0 Å². The molecule has 8 heteroatoms. The van der Waals surface area contributed by atoms with Crippen molar-refractivity contribution in [2.24, 2.45) is 5.92 Å². The summed E-state index contributed by atoms with van der Waals surface area (Å²) >= 11 is 12.0. The molecule has 0 radical (unpaired) electrons. The molecule has 2 fully saturated rings. The van der Waals surface area contributed by atoms with Crippen LogP contribution in [0.4, 0.5) is 4.79 Å². The lowest BCUT2D eigenvalue weighted by Crippen LogP contribution is -2.54. The molecule has 1 spiro atoms. The molecule has 1 aliphatic heterocycles. The topological polar surface area (TPSA) is 78.5 Å². The van der Waals surface area contributed by atoms with Gasteiger partial charge >= 0.3 is 6.03 Å². The number of carbonyl (C=O) groups excluding carboxylic acids is 3. The summed E-state index contributed by atoms with van der Waals surface area (Å²) in [5.41, 5.74) is 0.0262. The molecular weight excluding hydrogens is 389 g/mol. The first-order chi connectivity index (χ1) is 12.8. The van der Waals surface area contributed by atoms with E-state index < -0.39 is 11.6 Å². The van der Waals surface area contributed by atoms with Crippen LogP contribution in [-0.4, -0.2) is 41.4 Å². The highest BCUT2D eigenvalue weighted by Gasteiger charge is 2.55. The molecule has 4 amide bonds. The standard InChI is InChI=1S/C19H23Cl2N3O3/c1-12-4-2-3-8-19(12)17(26)24(18(27)23-19)11-16(25)22-9-7-13-5-6-14(20)10-15(13)21/h5-6,10,12H,2-4,7-9,11H2,1H3,(H,22,25)(H,23,27)/t12-,19+/m0/s1. The Balaban J connectivity index is 1.54. The predicted octanol–water partition coefficient (Wildman–Crippen LogP) is 3.15. The van der Waals surface area contributed by atoms with E-state index in [2.05, 4.69) is 10.6 Å². The minimum absolute atomic E-state index is 0.0720. The highest BCUT2D eigenvalue weighted by atomic mass is 35.5. The quantitative estimate of drug-likeness (QED) is 0.730. The molecule has 1 aromatic rings. The van der Waals surface area contributed by atoms with Gasteiger partial charge in [-0.3, -0.25) is 14.5 Å². The number of benzene rings is 1.